The predicted octanol–water partition coefficient (Wildman–Crippen LogP) is 1.75. The topological polar surface area (TPSA) is 73.0 Å². The maximum absolute atomic E-state index is 12.5. The van der Waals surface area contributed by atoms with Crippen LogP contribution in [0.4, 0.5) is 5.69 Å². The molecule has 2 aliphatic heterocycles. The second-order valence-corrected chi connectivity index (χ2v) is 8.88. The Morgan fingerprint density at radius 3 is 2.23 bits per heavy atom. The van der Waals surface area contributed by atoms with Gasteiger partial charge in [0.1, 0.15) is 0 Å². The number of piperidine rings is 1. The van der Waals surface area contributed by atoms with Gasteiger partial charge in [0.05, 0.1) is 6.54 Å². The molecule has 0 atom stereocenters. The molecular weight excluding hydrogens is 404 g/mol. The molecule has 162 valence electrons. The molecule has 1 aliphatic carbocycles. The number of hydrogen-bond donors (Lipinski definition) is 1. The molecule has 1 N–H and O–H groups in total. The van der Waals surface area contributed by atoms with Gasteiger partial charge in [0, 0.05) is 61.8 Å². The lowest BCUT2D eigenvalue weighted by Gasteiger charge is -2.36. The molecule has 8 heteroatoms. The van der Waals surface area contributed by atoms with E-state index < -0.39 is 0 Å². The van der Waals surface area contributed by atoms with Crippen LogP contribution in [-0.2, 0) is 14.4 Å². The van der Waals surface area contributed by atoms with Crippen molar-refractivity contribution in [2.24, 2.45) is 11.8 Å². The van der Waals surface area contributed by atoms with Crippen LogP contribution in [0, 0.1) is 11.8 Å². The molecular formula is C22H29ClN4O3. The molecule has 2 saturated heterocycles. The molecule has 1 saturated carbocycles. The third-order valence-corrected chi connectivity index (χ3v) is 6.56. The van der Waals surface area contributed by atoms with Crippen molar-refractivity contribution < 1.29 is 14.4 Å². The summed E-state index contributed by atoms with van der Waals surface area (Å²) >= 11 is 6.07. The molecule has 30 heavy (non-hydrogen) atoms. The van der Waals surface area contributed by atoms with E-state index in [2.05, 4.69) is 10.2 Å². The number of hydrogen-bond acceptors (Lipinski definition) is 4. The van der Waals surface area contributed by atoms with Crippen molar-refractivity contribution in [2.45, 2.75) is 25.7 Å². The first-order chi connectivity index (χ1) is 14.5. The normalized spacial score (nSPS) is 20.2. The number of piperazine rings is 1. The van der Waals surface area contributed by atoms with Gasteiger partial charge in [-0.05, 0) is 43.9 Å². The second-order valence-electron chi connectivity index (χ2n) is 8.44. The summed E-state index contributed by atoms with van der Waals surface area (Å²) in [7, 11) is 0. The van der Waals surface area contributed by atoms with Gasteiger partial charge >= 0.3 is 0 Å². The molecule has 0 unspecified atom stereocenters. The van der Waals surface area contributed by atoms with Crippen molar-refractivity contribution in [3.05, 3.63) is 29.3 Å². The number of benzene rings is 1. The van der Waals surface area contributed by atoms with Crippen LogP contribution < -0.4 is 10.2 Å². The van der Waals surface area contributed by atoms with Gasteiger partial charge in [0.25, 0.3) is 0 Å². The van der Waals surface area contributed by atoms with Crippen LogP contribution in [0.5, 0.6) is 0 Å². The number of rotatable bonds is 5. The molecule has 7 nitrogen and oxygen atoms in total. The van der Waals surface area contributed by atoms with Gasteiger partial charge in [-0.3, -0.25) is 14.4 Å². The number of nitrogens with zero attached hydrogens (tertiary/aromatic N) is 3. The summed E-state index contributed by atoms with van der Waals surface area (Å²) in [6.07, 6.45) is 3.37. The van der Waals surface area contributed by atoms with Crippen LogP contribution >= 0.6 is 11.6 Å². The van der Waals surface area contributed by atoms with Crippen LogP contribution in [0.25, 0.3) is 0 Å². The third kappa shape index (κ3) is 5.06. The molecule has 0 spiro atoms. The average molecular weight is 433 g/mol. The Labute approximate surface area is 182 Å². The Bertz CT molecular complexity index is 797. The lowest BCUT2D eigenvalue weighted by atomic mass is 9.95. The Hall–Kier alpha value is -2.28. The number of amides is 3. The first kappa shape index (κ1) is 21.0. The number of nitrogens with one attached hydrogen (secondary N) is 1. The Morgan fingerprint density at radius 2 is 1.60 bits per heavy atom. The number of anilines is 1. The highest BCUT2D eigenvalue weighted by molar-refractivity contribution is 6.30. The summed E-state index contributed by atoms with van der Waals surface area (Å²) in [5.41, 5.74) is 1.06. The summed E-state index contributed by atoms with van der Waals surface area (Å²) in [4.78, 5) is 43.0. The van der Waals surface area contributed by atoms with Crippen molar-refractivity contribution in [3.63, 3.8) is 0 Å². The van der Waals surface area contributed by atoms with E-state index in [0.29, 0.717) is 44.0 Å². The number of carbonyl (C=O) groups excluding carboxylic acids is 3. The number of carbonyl (C=O) groups is 3. The Morgan fingerprint density at radius 1 is 0.900 bits per heavy atom. The van der Waals surface area contributed by atoms with E-state index in [4.69, 9.17) is 11.6 Å². The van der Waals surface area contributed by atoms with Crippen molar-refractivity contribution in [2.75, 3.05) is 50.7 Å². The largest absolute Gasteiger partial charge is 0.368 e. The summed E-state index contributed by atoms with van der Waals surface area (Å²) in [5.74, 6) is 0.254. The lowest BCUT2D eigenvalue weighted by molar-refractivity contribution is -0.137. The zero-order valence-corrected chi connectivity index (χ0v) is 17.9. The van der Waals surface area contributed by atoms with Gasteiger partial charge in [-0.25, -0.2) is 0 Å². The molecule has 0 radical (unpaired) electrons. The van der Waals surface area contributed by atoms with E-state index in [1.54, 1.807) is 4.90 Å². The Kier molecular flexibility index (Phi) is 6.46. The quantitative estimate of drug-likeness (QED) is 0.769. The van der Waals surface area contributed by atoms with Gasteiger partial charge in [0.15, 0.2) is 0 Å². The summed E-state index contributed by atoms with van der Waals surface area (Å²) in [6.45, 7) is 4.07. The van der Waals surface area contributed by atoms with Gasteiger partial charge in [-0.1, -0.05) is 17.7 Å². The maximum Gasteiger partial charge on any atom is 0.242 e. The molecule has 3 amide bonds. The van der Waals surface area contributed by atoms with Gasteiger partial charge in [-0.2, -0.15) is 0 Å². The standard InChI is InChI=1S/C22H29ClN4O3/c23-18-2-1-3-19(14-18)25-10-12-26(13-11-25)20(28)15-24-21(29)16-6-8-27(9-7-16)22(30)17-4-5-17/h1-3,14,16-17H,4-13,15H2,(H,24,29). The highest BCUT2D eigenvalue weighted by atomic mass is 35.5. The first-order valence-electron chi connectivity index (χ1n) is 10.9. The molecule has 4 rings (SSSR count). The highest BCUT2D eigenvalue weighted by Gasteiger charge is 2.36. The fourth-order valence-electron chi connectivity index (χ4n) is 4.26. The Balaban J connectivity index is 1.17. The van der Waals surface area contributed by atoms with Crippen LogP contribution in [0.15, 0.2) is 24.3 Å². The van der Waals surface area contributed by atoms with E-state index in [1.165, 1.54) is 0 Å². The summed E-state index contributed by atoms with van der Waals surface area (Å²) in [5, 5.41) is 3.52. The maximum atomic E-state index is 12.5. The molecule has 3 fully saturated rings. The van der Waals surface area contributed by atoms with Gasteiger partial charge < -0.3 is 20.0 Å². The molecule has 3 aliphatic rings. The van der Waals surface area contributed by atoms with Crippen molar-refractivity contribution >= 4 is 35.0 Å². The van der Waals surface area contributed by atoms with Gasteiger partial charge in [-0.15, -0.1) is 0 Å². The van der Waals surface area contributed by atoms with E-state index in [1.807, 2.05) is 29.2 Å². The zero-order chi connectivity index (χ0) is 21.1. The molecule has 0 bridgehead atoms. The molecule has 2 heterocycles. The average Bonchev–Trinajstić information content (AvgIpc) is 3.62. The fraction of sp³-hybridized carbons (Fsp3) is 0.591. The highest BCUT2D eigenvalue weighted by Crippen LogP contribution is 2.32. The summed E-state index contributed by atoms with van der Waals surface area (Å²) in [6, 6.07) is 7.73. The minimum absolute atomic E-state index is 0.0389. The fourth-order valence-corrected chi connectivity index (χ4v) is 4.44. The van der Waals surface area contributed by atoms with E-state index in [-0.39, 0.29) is 36.1 Å². The number of halogens is 1. The van der Waals surface area contributed by atoms with E-state index in [9.17, 15) is 14.4 Å². The van der Waals surface area contributed by atoms with Crippen molar-refractivity contribution in [3.8, 4) is 0 Å². The molecule has 1 aromatic carbocycles. The minimum atomic E-state index is -0.110. The number of likely N-dealkylation sites (tertiary alicyclic amines) is 1. The molecule has 1 aromatic rings. The lowest BCUT2D eigenvalue weighted by Crippen LogP contribution is -2.52. The van der Waals surface area contributed by atoms with Crippen molar-refractivity contribution in [1.82, 2.24) is 15.1 Å². The van der Waals surface area contributed by atoms with Crippen LogP contribution in [0.3, 0.4) is 0 Å². The van der Waals surface area contributed by atoms with Crippen LogP contribution in [0.1, 0.15) is 25.7 Å². The minimum Gasteiger partial charge on any atom is -0.368 e. The monoisotopic (exact) mass is 432 g/mol. The van der Waals surface area contributed by atoms with Crippen molar-refractivity contribution in [1.29, 1.82) is 0 Å². The second kappa shape index (κ2) is 9.25. The summed E-state index contributed by atoms with van der Waals surface area (Å²) < 4.78 is 0. The zero-order valence-electron chi connectivity index (χ0n) is 17.2. The van der Waals surface area contributed by atoms with Crippen LogP contribution in [-0.4, -0.2) is 73.3 Å². The van der Waals surface area contributed by atoms with E-state index >= 15 is 0 Å². The smallest absolute Gasteiger partial charge is 0.242 e. The molecule has 0 aromatic heterocycles. The van der Waals surface area contributed by atoms with Crippen LogP contribution in [0.2, 0.25) is 5.02 Å². The van der Waals surface area contributed by atoms with Gasteiger partial charge in [0.2, 0.25) is 17.7 Å². The predicted molar refractivity (Wildman–Crippen MR) is 115 cm³/mol. The third-order valence-electron chi connectivity index (χ3n) is 6.32. The SMILES string of the molecule is O=C(NCC(=O)N1CCN(c2cccc(Cl)c2)CC1)C1CCN(C(=O)C2CC2)CC1. The van der Waals surface area contributed by atoms with E-state index in [0.717, 1.165) is 31.6 Å². The first-order valence-corrected chi connectivity index (χ1v) is 11.2.